The van der Waals surface area contributed by atoms with Gasteiger partial charge in [0, 0.05) is 18.1 Å². The van der Waals surface area contributed by atoms with Crippen molar-refractivity contribution in [3.8, 4) is 5.69 Å². The molecule has 7 nitrogen and oxygen atoms in total. The van der Waals surface area contributed by atoms with Crippen LogP contribution in [0.2, 0.25) is 0 Å². The van der Waals surface area contributed by atoms with Crippen LogP contribution in [0, 0.1) is 0 Å². The number of aliphatic hydroxyl groups excluding tert-OH is 1. The van der Waals surface area contributed by atoms with E-state index in [0.717, 1.165) is 11.3 Å². The lowest BCUT2D eigenvalue weighted by Gasteiger charge is -2.17. The van der Waals surface area contributed by atoms with Gasteiger partial charge in [0.15, 0.2) is 0 Å². The maximum atomic E-state index is 12.0. The van der Waals surface area contributed by atoms with E-state index in [-0.39, 0.29) is 18.6 Å². The Morgan fingerprint density at radius 3 is 2.96 bits per heavy atom. The Kier molecular flexibility index (Phi) is 5.15. The highest BCUT2D eigenvalue weighted by Crippen LogP contribution is 2.17. The Labute approximate surface area is 145 Å². The number of hydrogen-bond acceptors (Lipinski definition) is 4. The number of aliphatic hydroxyl groups is 1. The minimum absolute atomic E-state index is 0.0706. The number of hydrogen-bond donors (Lipinski definition) is 3. The molecule has 2 atom stereocenters. The first-order valence-electron chi connectivity index (χ1n) is 7.97. The van der Waals surface area contributed by atoms with E-state index in [4.69, 9.17) is 4.42 Å². The molecular weight excluding hydrogens is 320 g/mol. The van der Waals surface area contributed by atoms with Gasteiger partial charge in [0.1, 0.15) is 11.9 Å². The van der Waals surface area contributed by atoms with E-state index >= 15 is 0 Å². The molecule has 0 aliphatic carbocycles. The summed E-state index contributed by atoms with van der Waals surface area (Å²) in [5, 5.41) is 15.4. The van der Waals surface area contributed by atoms with Crippen molar-refractivity contribution in [3.63, 3.8) is 0 Å². The van der Waals surface area contributed by atoms with Gasteiger partial charge in [-0.1, -0.05) is 12.1 Å². The molecule has 2 heterocycles. The van der Waals surface area contributed by atoms with Gasteiger partial charge in [0.25, 0.3) is 0 Å². The molecular formula is C18H20N4O3. The van der Waals surface area contributed by atoms with Crippen molar-refractivity contribution in [1.82, 2.24) is 20.2 Å². The van der Waals surface area contributed by atoms with Crippen LogP contribution >= 0.6 is 0 Å². The number of urea groups is 1. The normalized spacial score (nSPS) is 13.2. The lowest BCUT2D eigenvalue weighted by molar-refractivity contribution is 0.147. The molecule has 2 unspecified atom stereocenters. The van der Waals surface area contributed by atoms with Crippen molar-refractivity contribution in [3.05, 3.63) is 72.7 Å². The fourth-order valence-electron chi connectivity index (χ4n) is 2.47. The molecule has 0 saturated heterocycles. The van der Waals surface area contributed by atoms with Gasteiger partial charge in [-0.15, -0.1) is 0 Å². The summed E-state index contributed by atoms with van der Waals surface area (Å²) in [6, 6.07) is 10.6. The number of rotatable bonds is 6. The highest BCUT2D eigenvalue weighted by molar-refractivity contribution is 5.74. The first-order valence-corrected chi connectivity index (χ1v) is 7.97. The minimum atomic E-state index is -0.874. The second kappa shape index (κ2) is 7.67. The predicted molar refractivity (Wildman–Crippen MR) is 92.2 cm³/mol. The molecule has 1 aromatic carbocycles. The largest absolute Gasteiger partial charge is 0.467 e. The van der Waals surface area contributed by atoms with E-state index in [9.17, 15) is 9.90 Å². The monoisotopic (exact) mass is 340 g/mol. The van der Waals surface area contributed by atoms with Crippen LogP contribution < -0.4 is 10.6 Å². The van der Waals surface area contributed by atoms with Crippen molar-refractivity contribution in [2.24, 2.45) is 0 Å². The number of nitrogens with one attached hydrogen (secondary N) is 2. The number of carbonyl (C=O) groups is 1. The molecule has 0 spiro atoms. The third-order valence-corrected chi connectivity index (χ3v) is 3.85. The third-order valence-electron chi connectivity index (χ3n) is 3.85. The van der Waals surface area contributed by atoms with Gasteiger partial charge >= 0.3 is 6.03 Å². The van der Waals surface area contributed by atoms with Crippen molar-refractivity contribution in [2.75, 3.05) is 6.54 Å². The number of furan rings is 1. The van der Waals surface area contributed by atoms with E-state index in [1.54, 1.807) is 24.7 Å². The van der Waals surface area contributed by atoms with Crippen LogP contribution in [0.5, 0.6) is 0 Å². The second-order valence-electron chi connectivity index (χ2n) is 5.67. The molecule has 3 rings (SSSR count). The molecule has 0 aliphatic rings. The first-order chi connectivity index (χ1) is 12.1. The van der Waals surface area contributed by atoms with Crippen LogP contribution in [0.15, 0.2) is 65.8 Å². The Balaban J connectivity index is 1.55. The Hall–Kier alpha value is -3.06. The molecule has 0 fully saturated rings. The van der Waals surface area contributed by atoms with Gasteiger partial charge in [0.2, 0.25) is 0 Å². The smallest absolute Gasteiger partial charge is 0.315 e. The Morgan fingerprint density at radius 2 is 2.24 bits per heavy atom. The summed E-state index contributed by atoms with van der Waals surface area (Å²) < 4.78 is 7.00. The van der Waals surface area contributed by atoms with Crippen LogP contribution in [-0.4, -0.2) is 27.2 Å². The fraction of sp³-hybridized carbons (Fsp3) is 0.222. The molecule has 7 heteroatoms. The second-order valence-corrected chi connectivity index (χ2v) is 5.67. The highest BCUT2D eigenvalue weighted by atomic mass is 16.4. The number of benzene rings is 1. The zero-order valence-corrected chi connectivity index (χ0v) is 13.8. The molecule has 130 valence electrons. The van der Waals surface area contributed by atoms with E-state index in [0.29, 0.717) is 5.76 Å². The van der Waals surface area contributed by atoms with Gasteiger partial charge in [-0.2, -0.15) is 0 Å². The summed E-state index contributed by atoms with van der Waals surface area (Å²) in [6.45, 7) is 1.97. The average molecular weight is 340 g/mol. The topological polar surface area (TPSA) is 92.3 Å². The summed E-state index contributed by atoms with van der Waals surface area (Å²) >= 11 is 0. The van der Waals surface area contributed by atoms with Crippen molar-refractivity contribution < 1.29 is 14.3 Å². The standard InChI is InChI=1S/C18H20N4O3/c1-13(14-4-2-5-15(10-14)22-8-7-19-12-22)21-18(24)20-11-16(23)17-6-3-9-25-17/h2-10,12-13,16,23H,11H2,1H3,(H2,20,21,24). The van der Waals surface area contributed by atoms with Crippen molar-refractivity contribution >= 4 is 6.03 Å². The first kappa shape index (κ1) is 16.8. The van der Waals surface area contributed by atoms with Gasteiger partial charge < -0.3 is 24.7 Å². The van der Waals surface area contributed by atoms with E-state index in [1.165, 1.54) is 6.26 Å². The molecule has 2 amide bonds. The molecule has 3 aromatic rings. The molecule has 3 N–H and O–H groups in total. The quantitative estimate of drug-likeness (QED) is 0.643. The van der Waals surface area contributed by atoms with Gasteiger partial charge in [-0.3, -0.25) is 0 Å². The van der Waals surface area contributed by atoms with Crippen molar-refractivity contribution in [1.29, 1.82) is 0 Å². The highest BCUT2D eigenvalue weighted by Gasteiger charge is 2.14. The van der Waals surface area contributed by atoms with Crippen LogP contribution in [-0.2, 0) is 0 Å². The van der Waals surface area contributed by atoms with Crippen LogP contribution in [0.4, 0.5) is 4.79 Å². The summed E-state index contributed by atoms with van der Waals surface area (Å²) in [5.74, 6) is 0.418. The Morgan fingerprint density at radius 1 is 1.36 bits per heavy atom. The summed E-state index contributed by atoms with van der Waals surface area (Å²) in [7, 11) is 0. The van der Waals surface area contributed by atoms with E-state index in [2.05, 4.69) is 15.6 Å². The van der Waals surface area contributed by atoms with Gasteiger partial charge in [-0.25, -0.2) is 9.78 Å². The summed E-state index contributed by atoms with van der Waals surface area (Å²) in [4.78, 5) is 16.1. The van der Waals surface area contributed by atoms with Gasteiger partial charge in [-0.05, 0) is 36.8 Å². The maximum absolute atomic E-state index is 12.0. The predicted octanol–water partition coefficient (Wildman–Crippen LogP) is 2.56. The molecule has 0 bridgehead atoms. The minimum Gasteiger partial charge on any atom is -0.467 e. The average Bonchev–Trinajstić information content (AvgIpc) is 3.33. The molecule has 0 aliphatic heterocycles. The number of aromatic nitrogens is 2. The Bertz CT molecular complexity index is 800. The van der Waals surface area contributed by atoms with Crippen molar-refractivity contribution in [2.45, 2.75) is 19.1 Å². The molecule has 0 radical (unpaired) electrons. The van der Waals surface area contributed by atoms with E-state index in [1.807, 2.05) is 42.0 Å². The lowest BCUT2D eigenvalue weighted by atomic mass is 10.1. The van der Waals surface area contributed by atoms with E-state index < -0.39 is 6.10 Å². The SMILES string of the molecule is CC(NC(=O)NCC(O)c1ccco1)c1cccc(-n2ccnc2)c1. The summed E-state index contributed by atoms with van der Waals surface area (Å²) in [5.41, 5.74) is 1.94. The summed E-state index contributed by atoms with van der Waals surface area (Å²) in [6.07, 6.45) is 5.90. The fourth-order valence-corrected chi connectivity index (χ4v) is 2.47. The van der Waals surface area contributed by atoms with Crippen LogP contribution in [0.1, 0.15) is 30.4 Å². The number of amides is 2. The van der Waals surface area contributed by atoms with Crippen LogP contribution in [0.25, 0.3) is 5.69 Å². The number of carbonyl (C=O) groups excluding carboxylic acids is 1. The third kappa shape index (κ3) is 4.27. The molecule has 0 saturated carbocycles. The molecule has 25 heavy (non-hydrogen) atoms. The zero-order valence-electron chi connectivity index (χ0n) is 13.8. The maximum Gasteiger partial charge on any atom is 0.315 e. The number of imidazole rings is 1. The van der Waals surface area contributed by atoms with Crippen LogP contribution in [0.3, 0.4) is 0 Å². The zero-order chi connectivity index (χ0) is 17.6. The van der Waals surface area contributed by atoms with Gasteiger partial charge in [0.05, 0.1) is 25.2 Å². The lowest BCUT2D eigenvalue weighted by Crippen LogP contribution is -2.39. The number of nitrogens with zero attached hydrogens (tertiary/aromatic N) is 2. The molecule has 2 aromatic heterocycles.